The van der Waals surface area contributed by atoms with Gasteiger partial charge in [-0.3, -0.25) is 4.79 Å². The highest BCUT2D eigenvalue weighted by molar-refractivity contribution is 8.00. The van der Waals surface area contributed by atoms with Gasteiger partial charge in [0.25, 0.3) is 0 Å². The molecule has 1 aromatic carbocycles. The van der Waals surface area contributed by atoms with Crippen LogP contribution in [0, 0.1) is 0 Å². The Morgan fingerprint density at radius 2 is 2.29 bits per heavy atom. The lowest BCUT2D eigenvalue weighted by Gasteiger charge is -2.18. The highest BCUT2D eigenvalue weighted by atomic mass is 32.2. The van der Waals surface area contributed by atoms with Crippen molar-refractivity contribution in [2.24, 2.45) is 0 Å². The van der Waals surface area contributed by atoms with Crippen LogP contribution in [0.2, 0.25) is 0 Å². The average molecular weight is 301 g/mol. The van der Waals surface area contributed by atoms with Crippen LogP contribution in [0.15, 0.2) is 41.4 Å². The van der Waals surface area contributed by atoms with E-state index in [1.807, 2.05) is 6.07 Å². The first-order chi connectivity index (χ1) is 10.3. The molecular weight excluding hydrogens is 282 g/mol. The van der Waals surface area contributed by atoms with Crippen molar-refractivity contribution >= 4 is 29.0 Å². The first kappa shape index (κ1) is 14.1. The molecule has 0 aliphatic carbocycles. The standard InChI is InChI=1S/C16H19N3OS/c1-2-7-19-8-3-4-13(19)10-17-12-5-6-15-14(9-12)18-16(20)11-21-15/h3-6,8-9,17H,2,7,10-11H2,1H3,(H,18,20). The third-order valence-corrected chi connectivity index (χ3v) is 4.55. The van der Waals surface area contributed by atoms with E-state index >= 15 is 0 Å². The Morgan fingerprint density at radius 3 is 3.14 bits per heavy atom. The van der Waals surface area contributed by atoms with E-state index < -0.39 is 0 Å². The SMILES string of the molecule is CCCn1cccc1CNc1ccc2c(c1)NC(=O)CS2. The molecule has 1 aromatic heterocycles. The third kappa shape index (κ3) is 3.24. The van der Waals surface area contributed by atoms with Crippen molar-refractivity contribution in [1.82, 2.24) is 4.57 Å². The number of carbonyl (C=O) groups is 1. The molecule has 21 heavy (non-hydrogen) atoms. The summed E-state index contributed by atoms with van der Waals surface area (Å²) in [5.74, 6) is 0.575. The molecule has 0 unspecified atom stereocenters. The van der Waals surface area contributed by atoms with Crippen molar-refractivity contribution in [3.8, 4) is 0 Å². The van der Waals surface area contributed by atoms with Gasteiger partial charge in [-0.25, -0.2) is 0 Å². The van der Waals surface area contributed by atoms with Gasteiger partial charge in [-0.15, -0.1) is 11.8 Å². The quantitative estimate of drug-likeness (QED) is 0.887. The average Bonchev–Trinajstić information content (AvgIpc) is 2.92. The second-order valence-corrected chi connectivity index (χ2v) is 6.11. The topological polar surface area (TPSA) is 46.1 Å². The summed E-state index contributed by atoms with van der Waals surface area (Å²) in [6.45, 7) is 4.01. The minimum Gasteiger partial charge on any atom is -0.379 e. The van der Waals surface area contributed by atoms with Crippen LogP contribution < -0.4 is 10.6 Å². The van der Waals surface area contributed by atoms with E-state index in [0.717, 1.165) is 35.8 Å². The minimum absolute atomic E-state index is 0.0708. The zero-order valence-corrected chi connectivity index (χ0v) is 12.9. The molecular formula is C16H19N3OS. The van der Waals surface area contributed by atoms with Gasteiger partial charge in [0.15, 0.2) is 0 Å². The molecule has 2 N–H and O–H groups in total. The Labute approximate surface area is 128 Å². The number of rotatable bonds is 5. The molecule has 1 aliphatic heterocycles. The normalized spacial score (nSPS) is 13.7. The molecule has 0 atom stereocenters. The lowest BCUT2D eigenvalue weighted by molar-refractivity contribution is -0.113. The Bertz CT molecular complexity index is 651. The summed E-state index contributed by atoms with van der Waals surface area (Å²) in [5, 5.41) is 6.35. The number of benzene rings is 1. The van der Waals surface area contributed by atoms with Crippen LogP contribution in [-0.2, 0) is 17.9 Å². The van der Waals surface area contributed by atoms with Crippen LogP contribution in [0.5, 0.6) is 0 Å². The van der Waals surface area contributed by atoms with Gasteiger partial charge in [0.2, 0.25) is 5.91 Å². The van der Waals surface area contributed by atoms with Gasteiger partial charge in [-0.1, -0.05) is 6.92 Å². The van der Waals surface area contributed by atoms with Crippen LogP contribution in [0.1, 0.15) is 19.0 Å². The number of hydrogen-bond donors (Lipinski definition) is 2. The van der Waals surface area contributed by atoms with Crippen molar-refractivity contribution in [3.63, 3.8) is 0 Å². The summed E-state index contributed by atoms with van der Waals surface area (Å²) in [4.78, 5) is 12.6. The summed E-state index contributed by atoms with van der Waals surface area (Å²) in [5.41, 5.74) is 3.21. The Hall–Kier alpha value is -1.88. The zero-order chi connectivity index (χ0) is 14.7. The second kappa shape index (κ2) is 6.26. The summed E-state index contributed by atoms with van der Waals surface area (Å²) in [7, 11) is 0. The van der Waals surface area contributed by atoms with Crippen LogP contribution in [-0.4, -0.2) is 16.2 Å². The maximum Gasteiger partial charge on any atom is 0.234 e. The summed E-state index contributed by atoms with van der Waals surface area (Å²) < 4.78 is 2.27. The molecule has 0 fully saturated rings. The van der Waals surface area contributed by atoms with E-state index in [-0.39, 0.29) is 5.91 Å². The van der Waals surface area contributed by atoms with Gasteiger partial charge in [-0.05, 0) is 36.8 Å². The highest BCUT2D eigenvalue weighted by Crippen LogP contribution is 2.33. The number of thioether (sulfide) groups is 1. The molecule has 1 aliphatic rings. The molecule has 5 heteroatoms. The molecule has 0 saturated carbocycles. The van der Waals surface area contributed by atoms with Crippen molar-refractivity contribution in [3.05, 3.63) is 42.2 Å². The number of amides is 1. The smallest absolute Gasteiger partial charge is 0.234 e. The number of aromatic nitrogens is 1. The Morgan fingerprint density at radius 1 is 1.38 bits per heavy atom. The largest absolute Gasteiger partial charge is 0.379 e. The first-order valence-corrected chi connectivity index (χ1v) is 8.19. The third-order valence-electron chi connectivity index (χ3n) is 3.47. The maximum absolute atomic E-state index is 11.4. The second-order valence-electron chi connectivity index (χ2n) is 5.09. The van der Waals surface area contributed by atoms with Gasteiger partial charge in [0.05, 0.1) is 18.0 Å². The predicted octanol–water partition coefficient (Wildman–Crippen LogP) is 3.55. The van der Waals surface area contributed by atoms with Crippen LogP contribution in [0.4, 0.5) is 11.4 Å². The van der Waals surface area contributed by atoms with Crippen LogP contribution >= 0.6 is 11.8 Å². The summed E-state index contributed by atoms with van der Waals surface area (Å²) >= 11 is 1.59. The van der Waals surface area contributed by atoms with E-state index in [0.29, 0.717) is 5.75 Å². The van der Waals surface area contributed by atoms with E-state index in [4.69, 9.17) is 0 Å². The molecule has 0 radical (unpaired) electrons. The number of nitrogens with one attached hydrogen (secondary N) is 2. The first-order valence-electron chi connectivity index (χ1n) is 7.21. The molecule has 0 bridgehead atoms. The monoisotopic (exact) mass is 301 g/mol. The number of fused-ring (bicyclic) bond motifs is 1. The maximum atomic E-state index is 11.4. The fourth-order valence-corrected chi connectivity index (χ4v) is 3.24. The predicted molar refractivity (Wildman–Crippen MR) is 87.8 cm³/mol. The van der Waals surface area contributed by atoms with Gasteiger partial charge >= 0.3 is 0 Å². The summed E-state index contributed by atoms with van der Waals surface area (Å²) in [6, 6.07) is 10.4. The Kier molecular flexibility index (Phi) is 4.20. The van der Waals surface area contributed by atoms with Crippen LogP contribution in [0.3, 0.4) is 0 Å². The number of nitrogens with zero attached hydrogens (tertiary/aromatic N) is 1. The van der Waals surface area contributed by atoms with Gasteiger partial charge in [0, 0.05) is 29.0 Å². The molecule has 2 heterocycles. The highest BCUT2D eigenvalue weighted by Gasteiger charge is 2.15. The molecule has 1 amide bonds. The molecule has 0 saturated heterocycles. The van der Waals surface area contributed by atoms with Crippen molar-refractivity contribution in [2.75, 3.05) is 16.4 Å². The number of anilines is 2. The lowest BCUT2D eigenvalue weighted by Crippen LogP contribution is -2.18. The molecule has 110 valence electrons. The zero-order valence-electron chi connectivity index (χ0n) is 12.1. The van der Waals surface area contributed by atoms with E-state index in [1.54, 1.807) is 11.8 Å². The fraction of sp³-hybridized carbons (Fsp3) is 0.312. The van der Waals surface area contributed by atoms with Gasteiger partial charge in [-0.2, -0.15) is 0 Å². The van der Waals surface area contributed by atoms with E-state index in [1.165, 1.54) is 5.69 Å². The number of aryl methyl sites for hydroxylation is 1. The van der Waals surface area contributed by atoms with Crippen LogP contribution in [0.25, 0.3) is 0 Å². The lowest BCUT2D eigenvalue weighted by atomic mass is 10.2. The van der Waals surface area contributed by atoms with E-state index in [2.05, 4.69) is 52.6 Å². The molecule has 2 aromatic rings. The van der Waals surface area contributed by atoms with E-state index in [9.17, 15) is 4.79 Å². The number of hydrogen-bond acceptors (Lipinski definition) is 3. The molecule has 0 spiro atoms. The van der Waals surface area contributed by atoms with Crippen molar-refractivity contribution in [1.29, 1.82) is 0 Å². The van der Waals surface area contributed by atoms with Crippen molar-refractivity contribution in [2.45, 2.75) is 31.3 Å². The minimum atomic E-state index is 0.0708. The van der Waals surface area contributed by atoms with Gasteiger partial charge in [0.1, 0.15) is 0 Å². The summed E-state index contributed by atoms with van der Waals surface area (Å²) in [6.07, 6.45) is 3.24. The Balaban J connectivity index is 1.69. The number of carbonyl (C=O) groups excluding carboxylic acids is 1. The molecule has 4 nitrogen and oxygen atoms in total. The molecule has 3 rings (SSSR count). The van der Waals surface area contributed by atoms with Crippen molar-refractivity contribution < 1.29 is 4.79 Å². The fourth-order valence-electron chi connectivity index (χ4n) is 2.45. The van der Waals surface area contributed by atoms with Gasteiger partial charge < -0.3 is 15.2 Å².